The quantitative estimate of drug-likeness (QED) is 0.759. The van der Waals surface area contributed by atoms with Gasteiger partial charge in [-0.15, -0.1) is 0 Å². The molecule has 1 saturated carbocycles. The lowest BCUT2D eigenvalue weighted by molar-refractivity contribution is -0.115. The van der Waals surface area contributed by atoms with Gasteiger partial charge in [0.25, 0.3) is 0 Å². The summed E-state index contributed by atoms with van der Waals surface area (Å²) in [6, 6.07) is 0.409. The lowest BCUT2D eigenvalue weighted by Crippen LogP contribution is -2.21. The summed E-state index contributed by atoms with van der Waals surface area (Å²) >= 11 is 0. The van der Waals surface area contributed by atoms with E-state index in [0.717, 1.165) is 49.1 Å². The number of hydrogen-bond donors (Lipinski definition) is 1. The van der Waals surface area contributed by atoms with Crippen molar-refractivity contribution in [3.8, 4) is 0 Å². The van der Waals surface area contributed by atoms with E-state index < -0.39 is 0 Å². The molecule has 2 aliphatic rings. The minimum Gasteiger partial charge on any atom is -0.498 e. The Balaban J connectivity index is 2.27. The van der Waals surface area contributed by atoms with Crippen molar-refractivity contribution in [2.24, 2.45) is 10.7 Å². The highest BCUT2D eigenvalue weighted by molar-refractivity contribution is 6.14. The maximum Gasteiger partial charge on any atom is 0.178 e. The maximum absolute atomic E-state index is 12.0. The zero-order chi connectivity index (χ0) is 14.5. The molecule has 110 valence electrons. The van der Waals surface area contributed by atoms with Crippen molar-refractivity contribution in [1.82, 2.24) is 0 Å². The van der Waals surface area contributed by atoms with Gasteiger partial charge in [0.2, 0.25) is 0 Å². The van der Waals surface area contributed by atoms with Crippen molar-refractivity contribution in [2.45, 2.75) is 58.4 Å². The fraction of sp³-hybridized carbons (Fsp3) is 0.625. The number of nitrogens with zero attached hydrogens (tertiary/aromatic N) is 1. The van der Waals surface area contributed by atoms with E-state index >= 15 is 0 Å². The first-order valence-electron chi connectivity index (χ1n) is 7.59. The van der Waals surface area contributed by atoms with Crippen molar-refractivity contribution in [1.29, 1.82) is 0 Å². The van der Waals surface area contributed by atoms with Gasteiger partial charge in [0.1, 0.15) is 0 Å². The fourth-order valence-electron chi connectivity index (χ4n) is 2.31. The largest absolute Gasteiger partial charge is 0.498 e. The van der Waals surface area contributed by atoms with E-state index in [1.54, 1.807) is 0 Å². The Hall–Kier alpha value is -1.58. The third kappa shape index (κ3) is 3.71. The molecule has 2 rings (SSSR count). The fourth-order valence-corrected chi connectivity index (χ4v) is 2.31. The van der Waals surface area contributed by atoms with Crippen LogP contribution in [0.1, 0.15) is 52.4 Å². The van der Waals surface area contributed by atoms with Gasteiger partial charge in [-0.3, -0.25) is 9.79 Å². The highest BCUT2D eigenvalue weighted by Gasteiger charge is 2.25. The van der Waals surface area contributed by atoms with E-state index in [4.69, 9.17) is 15.5 Å². The number of Topliss-reactive ketones (excluding diaryl/α,β-unsaturated/α-hetero) is 1. The van der Waals surface area contributed by atoms with E-state index in [1.165, 1.54) is 0 Å². The molecule has 0 spiro atoms. The van der Waals surface area contributed by atoms with Crippen LogP contribution in [0.4, 0.5) is 0 Å². The molecule has 20 heavy (non-hydrogen) atoms. The average molecular weight is 276 g/mol. The minimum absolute atomic E-state index is 0.0410. The van der Waals surface area contributed by atoms with Crippen molar-refractivity contribution in [3.05, 3.63) is 23.1 Å². The van der Waals surface area contributed by atoms with Crippen LogP contribution in [0.25, 0.3) is 0 Å². The molecule has 1 fully saturated rings. The molecular formula is C16H24N2O2. The Morgan fingerprint density at radius 1 is 1.40 bits per heavy atom. The van der Waals surface area contributed by atoms with Crippen molar-refractivity contribution in [2.75, 3.05) is 6.61 Å². The Morgan fingerprint density at radius 3 is 2.75 bits per heavy atom. The lowest BCUT2D eigenvalue weighted by atomic mass is 9.93. The van der Waals surface area contributed by atoms with E-state index in [0.29, 0.717) is 24.8 Å². The lowest BCUT2D eigenvalue weighted by Gasteiger charge is -2.19. The second-order valence-electron chi connectivity index (χ2n) is 5.35. The van der Waals surface area contributed by atoms with E-state index in [1.807, 2.05) is 19.9 Å². The molecule has 0 bridgehead atoms. The van der Waals surface area contributed by atoms with Crippen LogP contribution >= 0.6 is 0 Å². The second-order valence-corrected chi connectivity index (χ2v) is 5.35. The number of hydrogen-bond acceptors (Lipinski definition) is 4. The summed E-state index contributed by atoms with van der Waals surface area (Å²) in [4.78, 5) is 16.7. The van der Waals surface area contributed by atoms with Gasteiger partial charge in [-0.1, -0.05) is 6.92 Å². The van der Waals surface area contributed by atoms with E-state index in [-0.39, 0.29) is 5.78 Å². The van der Waals surface area contributed by atoms with Gasteiger partial charge >= 0.3 is 0 Å². The Kier molecular flexibility index (Phi) is 4.99. The van der Waals surface area contributed by atoms with E-state index in [2.05, 4.69) is 0 Å². The first-order valence-corrected chi connectivity index (χ1v) is 7.59. The summed E-state index contributed by atoms with van der Waals surface area (Å²) in [5.74, 6) is 0.991. The number of ether oxygens (including phenoxy) is 1. The smallest absolute Gasteiger partial charge is 0.178 e. The molecule has 2 N–H and O–H groups in total. The van der Waals surface area contributed by atoms with Gasteiger partial charge in [0.15, 0.2) is 5.78 Å². The SMILES string of the molecule is CCCC(=O)/C(N)=C1\CCC(OCC)=CC1=NC1CC1. The Labute approximate surface area is 120 Å². The number of rotatable bonds is 6. The number of aliphatic imine (C=N–C) groups is 1. The third-order valence-electron chi connectivity index (χ3n) is 3.53. The molecule has 0 amide bonds. The summed E-state index contributed by atoms with van der Waals surface area (Å²) in [6.45, 7) is 4.62. The van der Waals surface area contributed by atoms with Crippen LogP contribution in [0.2, 0.25) is 0 Å². The summed E-state index contributed by atoms with van der Waals surface area (Å²) in [5.41, 5.74) is 8.24. The maximum atomic E-state index is 12.0. The second kappa shape index (κ2) is 6.73. The topological polar surface area (TPSA) is 64.7 Å². The van der Waals surface area contributed by atoms with Crippen LogP contribution in [0.15, 0.2) is 28.1 Å². The molecule has 4 nitrogen and oxygen atoms in total. The van der Waals surface area contributed by atoms with Crippen LogP contribution in [0.5, 0.6) is 0 Å². The number of allylic oxidation sites excluding steroid dienone is 4. The monoisotopic (exact) mass is 276 g/mol. The molecule has 0 aliphatic heterocycles. The third-order valence-corrected chi connectivity index (χ3v) is 3.53. The van der Waals surface area contributed by atoms with Crippen LogP contribution in [0, 0.1) is 0 Å². The van der Waals surface area contributed by atoms with Crippen LogP contribution < -0.4 is 5.73 Å². The summed E-state index contributed by atoms with van der Waals surface area (Å²) < 4.78 is 5.58. The molecule has 0 aromatic heterocycles. The first kappa shape index (κ1) is 14.8. The van der Waals surface area contributed by atoms with Crippen molar-refractivity contribution >= 4 is 11.5 Å². The number of carbonyl (C=O) groups is 1. The molecule has 0 saturated heterocycles. The molecule has 0 unspecified atom stereocenters. The number of nitrogens with two attached hydrogens (primary N) is 1. The van der Waals surface area contributed by atoms with Crippen LogP contribution in [-0.2, 0) is 9.53 Å². The minimum atomic E-state index is 0.0410. The normalized spacial score (nSPS) is 23.5. The van der Waals surface area contributed by atoms with Gasteiger partial charge < -0.3 is 10.5 Å². The summed E-state index contributed by atoms with van der Waals surface area (Å²) in [5, 5.41) is 0. The average Bonchev–Trinajstić information content (AvgIpc) is 3.23. The number of carbonyl (C=O) groups excluding carboxylic acids is 1. The molecule has 0 aromatic carbocycles. The zero-order valence-electron chi connectivity index (χ0n) is 12.4. The molecule has 2 aliphatic carbocycles. The van der Waals surface area contributed by atoms with Gasteiger partial charge in [-0.25, -0.2) is 0 Å². The molecular weight excluding hydrogens is 252 g/mol. The molecule has 0 aromatic rings. The Morgan fingerprint density at radius 2 is 2.15 bits per heavy atom. The summed E-state index contributed by atoms with van der Waals surface area (Å²) in [6.07, 6.45) is 7.11. The van der Waals surface area contributed by atoms with Crippen LogP contribution in [-0.4, -0.2) is 24.1 Å². The van der Waals surface area contributed by atoms with Crippen molar-refractivity contribution in [3.63, 3.8) is 0 Å². The first-order chi connectivity index (χ1) is 9.65. The molecule has 0 heterocycles. The van der Waals surface area contributed by atoms with Crippen LogP contribution in [0.3, 0.4) is 0 Å². The zero-order valence-corrected chi connectivity index (χ0v) is 12.4. The molecule has 0 radical (unpaired) electrons. The highest BCUT2D eigenvalue weighted by Crippen LogP contribution is 2.29. The predicted molar refractivity (Wildman–Crippen MR) is 80.5 cm³/mol. The standard InChI is InChI=1S/C16H24N2O2/c1-3-5-15(19)16(17)13-9-8-12(20-4-2)10-14(13)18-11-6-7-11/h10-11H,3-9,17H2,1-2H3/b16-13-,18-14?. The van der Waals surface area contributed by atoms with Gasteiger partial charge in [0, 0.05) is 24.5 Å². The highest BCUT2D eigenvalue weighted by atomic mass is 16.5. The van der Waals surface area contributed by atoms with Gasteiger partial charge in [0.05, 0.1) is 29.8 Å². The summed E-state index contributed by atoms with van der Waals surface area (Å²) in [7, 11) is 0. The molecule has 0 atom stereocenters. The molecule has 4 heteroatoms. The van der Waals surface area contributed by atoms with Gasteiger partial charge in [-0.2, -0.15) is 0 Å². The predicted octanol–water partition coefficient (Wildman–Crippen LogP) is 2.89. The number of ketones is 1. The van der Waals surface area contributed by atoms with Crippen molar-refractivity contribution < 1.29 is 9.53 Å². The van der Waals surface area contributed by atoms with E-state index in [9.17, 15) is 4.79 Å². The van der Waals surface area contributed by atoms with Gasteiger partial charge in [-0.05, 0) is 32.6 Å². The Bertz CT molecular complexity index is 471.